The molecule has 1 rings (SSSR count). The molecule has 0 amide bonds. The van der Waals surface area contributed by atoms with Crippen LogP contribution in [0.2, 0.25) is 0 Å². The van der Waals surface area contributed by atoms with Crippen LogP contribution < -0.4 is 5.32 Å². The molecule has 0 aromatic rings. The summed E-state index contributed by atoms with van der Waals surface area (Å²) in [6.07, 6.45) is 15.0. The lowest BCUT2D eigenvalue weighted by atomic mass is 9.97. The van der Waals surface area contributed by atoms with Gasteiger partial charge in [0.2, 0.25) is 0 Å². The van der Waals surface area contributed by atoms with Crippen LogP contribution in [0.3, 0.4) is 0 Å². The molecule has 0 saturated heterocycles. The van der Waals surface area contributed by atoms with Gasteiger partial charge in [-0.1, -0.05) is 64.5 Å². The highest BCUT2D eigenvalue weighted by atomic mass is 14.9. The van der Waals surface area contributed by atoms with E-state index in [2.05, 4.69) is 63.9 Å². The van der Waals surface area contributed by atoms with Crippen molar-refractivity contribution in [2.24, 2.45) is 5.92 Å². The smallest absolute Gasteiger partial charge is 0.0350 e. The van der Waals surface area contributed by atoms with E-state index in [0.717, 1.165) is 12.1 Å². The first-order valence-electron chi connectivity index (χ1n) is 8.13. The number of rotatable bonds is 8. The maximum absolute atomic E-state index is 4.29. The molecule has 0 saturated carbocycles. The minimum Gasteiger partial charge on any atom is -0.385 e. The molecule has 112 valence electrons. The Kier molecular flexibility index (Phi) is 7.43. The zero-order valence-corrected chi connectivity index (χ0v) is 13.7. The SMILES string of the molecule is C=C(NC(CCC)CCC)C1C=CC=C(C)C(CC)=C1. The second-order valence-electron chi connectivity index (χ2n) is 5.75. The van der Waals surface area contributed by atoms with Gasteiger partial charge in [0.05, 0.1) is 0 Å². The van der Waals surface area contributed by atoms with E-state index in [1.165, 1.54) is 36.8 Å². The van der Waals surface area contributed by atoms with E-state index in [9.17, 15) is 0 Å². The summed E-state index contributed by atoms with van der Waals surface area (Å²) in [5.41, 5.74) is 3.95. The minimum absolute atomic E-state index is 0.315. The third kappa shape index (κ3) is 5.03. The van der Waals surface area contributed by atoms with Crippen LogP contribution in [0.25, 0.3) is 0 Å². The quantitative estimate of drug-likeness (QED) is 0.613. The third-order valence-corrected chi connectivity index (χ3v) is 4.00. The maximum atomic E-state index is 4.29. The Balaban J connectivity index is 2.73. The van der Waals surface area contributed by atoms with Crippen LogP contribution in [0.1, 0.15) is 59.8 Å². The fourth-order valence-corrected chi connectivity index (χ4v) is 2.79. The van der Waals surface area contributed by atoms with Gasteiger partial charge in [-0.15, -0.1) is 0 Å². The first-order valence-corrected chi connectivity index (χ1v) is 8.13. The van der Waals surface area contributed by atoms with E-state index in [0.29, 0.717) is 12.0 Å². The summed E-state index contributed by atoms with van der Waals surface area (Å²) >= 11 is 0. The van der Waals surface area contributed by atoms with E-state index in [1.54, 1.807) is 0 Å². The highest BCUT2D eigenvalue weighted by Crippen LogP contribution is 2.24. The molecule has 1 heteroatoms. The Morgan fingerprint density at radius 2 is 1.90 bits per heavy atom. The molecule has 0 spiro atoms. The predicted molar refractivity (Wildman–Crippen MR) is 90.6 cm³/mol. The Morgan fingerprint density at radius 1 is 1.25 bits per heavy atom. The van der Waals surface area contributed by atoms with Gasteiger partial charge in [0, 0.05) is 17.7 Å². The zero-order valence-electron chi connectivity index (χ0n) is 13.7. The van der Waals surface area contributed by atoms with Gasteiger partial charge in [0.15, 0.2) is 0 Å². The number of hydrogen-bond donors (Lipinski definition) is 1. The van der Waals surface area contributed by atoms with Gasteiger partial charge in [-0.2, -0.15) is 0 Å². The van der Waals surface area contributed by atoms with E-state index < -0.39 is 0 Å². The van der Waals surface area contributed by atoms with Crippen molar-refractivity contribution in [2.75, 3.05) is 0 Å². The van der Waals surface area contributed by atoms with Gasteiger partial charge >= 0.3 is 0 Å². The number of nitrogens with one attached hydrogen (secondary N) is 1. The van der Waals surface area contributed by atoms with Crippen LogP contribution in [0, 0.1) is 5.92 Å². The maximum Gasteiger partial charge on any atom is 0.0350 e. The molecule has 20 heavy (non-hydrogen) atoms. The summed E-state index contributed by atoms with van der Waals surface area (Å²) in [4.78, 5) is 0. The summed E-state index contributed by atoms with van der Waals surface area (Å²) in [6.45, 7) is 13.2. The third-order valence-electron chi connectivity index (χ3n) is 4.00. The predicted octanol–water partition coefficient (Wildman–Crippen LogP) is 5.53. The van der Waals surface area contributed by atoms with Gasteiger partial charge < -0.3 is 5.32 Å². The molecule has 1 nitrogen and oxygen atoms in total. The van der Waals surface area contributed by atoms with Crippen molar-refractivity contribution in [3.05, 3.63) is 47.7 Å². The Morgan fingerprint density at radius 3 is 2.45 bits per heavy atom. The van der Waals surface area contributed by atoms with E-state index in [-0.39, 0.29) is 0 Å². The van der Waals surface area contributed by atoms with Crippen molar-refractivity contribution in [2.45, 2.75) is 65.8 Å². The van der Waals surface area contributed by atoms with E-state index in [1.807, 2.05) is 0 Å². The van der Waals surface area contributed by atoms with Crippen LogP contribution in [-0.2, 0) is 0 Å². The van der Waals surface area contributed by atoms with Crippen molar-refractivity contribution in [3.8, 4) is 0 Å². The lowest BCUT2D eigenvalue weighted by molar-refractivity contribution is 0.471. The minimum atomic E-state index is 0.315. The molecule has 1 aliphatic rings. The average molecular weight is 273 g/mol. The van der Waals surface area contributed by atoms with Gasteiger partial charge in [0.1, 0.15) is 0 Å². The molecule has 1 N–H and O–H groups in total. The van der Waals surface area contributed by atoms with Crippen molar-refractivity contribution >= 4 is 0 Å². The van der Waals surface area contributed by atoms with Crippen LogP contribution in [-0.4, -0.2) is 6.04 Å². The van der Waals surface area contributed by atoms with Crippen LogP contribution >= 0.6 is 0 Å². The Labute approximate surface area is 125 Å². The summed E-state index contributed by atoms with van der Waals surface area (Å²) in [5.74, 6) is 0.315. The summed E-state index contributed by atoms with van der Waals surface area (Å²) in [6, 6.07) is 0.571. The van der Waals surface area contributed by atoms with Crippen LogP contribution in [0.4, 0.5) is 0 Å². The van der Waals surface area contributed by atoms with Crippen LogP contribution in [0.5, 0.6) is 0 Å². The molecule has 0 heterocycles. The lowest BCUT2D eigenvalue weighted by Crippen LogP contribution is -2.30. The first kappa shape index (κ1) is 16.8. The fraction of sp³-hybridized carbons (Fsp3) is 0.579. The second kappa shape index (κ2) is 8.84. The van der Waals surface area contributed by atoms with Gasteiger partial charge in [0.25, 0.3) is 0 Å². The van der Waals surface area contributed by atoms with Gasteiger partial charge in [-0.3, -0.25) is 0 Å². The molecule has 1 unspecified atom stereocenters. The highest BCUT2D eigenvalue weighted by Gasteiger charge is 2.14. The first-order chi connectivity index (χ1) is 9.62. The molecule has 0 aromatic heterocycles. The molecule has 1 atom stereocenters. The molecule has 1 aliphatic carbocycles. The molecule has 0 fully saturated rings. The zero-order chi connectivity index (χ0) is 15.0. The summed E-state index contributed by atoms with van der Waals surface area (Å²) in [7, 11) is 0. The number of allylic oxidation sites excluding steroid dienone is 5. The standard InChI is InChI=1S/C19H31N/c1-6-10-19(11-7-2)20-16(5)18-13-9-12-15(4)17(8-3)14-18/h9,12-14,18-20H,5-8,10-11H2,1-4H3. The second-order valence-corrected chi connectivity index (χ2v) is 5.75. The molecule has 0 bridgehead atoms. The monoisotopic (exact) mass is 273 g/mol. The van der Waals surface area contributed by atoms with Gasteiger partial charge in [-0.25, -0.2) is 0 Å². The topological polar surface area (TPSA) is 12.0 Å². The normalized spacial score (nSPS) is 18.6. The van der Waals surface area contributed by atoms with Crippen LogP contribution in [0.15, 0.2) is 47.7 Å². The molecular formula is C19H31N. The summed E-state index contributed by atoms with van der Waals surface area (Å²) in [5, 5.41) is 3.66. The van der Waals surface area contributed by atoms with Crippen molar-refractivity contribution < 1.29 is 0 Å². The Bertz CT molecular complexity index is 392. The highest BCUT2D eigenvalue weighted by molar-refractivity contribution is 5.38. The molecule has 0 aliphatic heterocycles. The van der Waals surface area contributed by atoms with Crippen molar-refractivity contribution in [1.29, 1.82) is 0 Å². The van der Waals surface area contributed by atoms with Crippen molar-refractivity contribution in [3.63, 3.8) is 0 Å². The number of hydrogen-bond acceptors (Lipinski definition) is 1. The largest absolute Gasteiger partial charge is 0.385 e. The molecule has 0 aromatic carbocycles. The molecular weight excluding hydrogens is 242 g/mol. The molecule has 0 radical (unpaired) electrons. The van der Waals surface area contributed by atoms with E-state index >= 15 is 0 Å². The van der Waals surface area contributed by atoms with E-state index in [4.69, 9.17) is 0 Å². The summed E-state index contributed by atoms with van der Waals surface area (Å²) < 4.78 is 0. The lowest BCUT2D eigenvalue weighted by Gasteiger charge is -2.23. The van der Waals surface area contributed by atoms with Gasteiger partial charge in [-0.05, 0) is 37.3 Å². The fourth-order valence-electron chi connectivity index (χ4n) is 2.79. The van der Waals surface area contributed by atoms with Crippen molar-refractivity contribution in [1.82, 2.24) is 5.32 Å². The average Bonchev–Trinajstić information content (AvgIpc) is 2.61. The Hall–Kier alpha value is -1.24.